The van der Waals surface area contributed by atoms with Gasteiger partial charge in [-0.1, -0.05) is 6.07 Å². The highest BCUT2D eigenvalue weighted by molar-refractivity contribution is 7.10. The number of ketones is 1. The van der Waals surface area contributed by atoms with Crippen molar-refractivity contribution in [3.63, 3.8) is 0 Å². The Balaban J connectivity index is 1.91. The summed E-state index contributed by atoms with van der Waals surface area (Å²) < 4.78 is 5.11. The second kappa shape index (κ2) is 4.24. The Hall–Kier alpha value is -1.35. The van der Waals surface area contributed by atoms with Crippen LogP contribution >= 0.6 is 11.3 Å². The fraction of sp³-hybridized carbons (Fsp3) is 0.182. The predicted molar refractivity (Wildman–Crippen MR) is 55.4 cm³/mol. The first-order valence-corrected chi connectivity index (χ1v) is 5.29. The van der Waals surface area contributed by atoms with Gasteiger partial charge in [-0.3, -0.25) is 4.79 Å². The molecule has 2 aromatic heterocycles. The molecule has 0 saturated heterocycles. The van der Waals surface area contributed by atoms with Gasteiger partial charge in [0.2, 0.25) is 0 Å². The van der Waals surface area contributed by atoms with Gasteiger partial charge in [0.1, 0.15) is 11.5 Å². The molecule has 0 amide bonds. The Bertz CT molecular complexity index is 349. The van der Waals surface area contributed by atoms with Crippen LogP contribution in [0.2, 0.25) is 0 Å². The standard InChI is InChI=1S/C11H10O2S/c12-9(7-10-3-1-5-13-10)8-11-4-2-6-14-11/h1-6H,7-8H2. The Kier molecular flexibility index (Phi) is 2.79. The highest BCUT2D eigenvalue weighted by Crippen LogP contribution is 2.11. The molecular formula is C11H10O2S. The van der Waals surface area contributed by atoms with Gasteiger partial charge in [0, 0.05) is 11.3 Å². The minimum atomic E-state index is 0.197. The molecule has 2 nitrogen and oxygen atoms in total. The van der Waals surface area contributed by atoms with E-state index in [4.69, 9.17) is 4.42 Å². The maximum atomic E-state index is 11.5. The number of hydrogen-bond acceptors (Lipinski definition) is 3. The van der Waals surface area contributed by atoms with Gasteiger partial charge in [0.25, 0.3) is 0 Å². The van der Waals surface area contributed by atoms with Crippen molar-refractivity contribution in [3.05, 3.63) is 46.5 Å². The number of thiophene rings is 1. The number of furan rings is 1. The van der Waals surface area contributed by atoms with Crippen molar-refractivity contribution < 1.29 is 9.21 Å². The predicted octanol–water partition coefficient (Wildman–Crippen LogP) is 2.70. The van der Waals surface area contributed by atoms with E-state index >= 15 is 0 Å². The minimum absolute atomic E-state index is 0.197. The van der Waals surface area contributed by atoms with Crippen LogP contribution in [0, 0.1) is 0 Å². The molecule has 0 aliphatic heterocycles. The highest BCUT2D eigenvalue weighted by atomic mass is 32.1. The molecule has 0 saturated carbocycles. The molecule has 0 N–H and O–H groups in total. The Morgan fingerprint density at radius 2 is 2.21 bits per heavy atom. The molecule has 3 heteroatoms. The second-order valence-electron chi connectivity index (χ2n) is 3.05. The largest absolute Gasteiger partial charge is 0.469 e. The van der Waals surface area contributed by atoms with E-state index < -0.39 is 0 Å². The normalized spacial score (nSPS) is 10.3. The summed E-state index contributed by atoms with van der Waals surface area (Å²) in [5, 5.41) is 1.98. The number of rotatable bonds is 4. The van der Waals surface area contributed by atoms with Crippen LogP contribution in [0.4, 0.5) is 0 Å². The average Bonchev–Trinajstić information content (AvgIpc) is 2.76. The first-order chi connectivity index (χ1) is 6.84. The van der Waals surface area contributed by atoms with Gasteiger partial charge in [-0.2, -0.15) is 0 Å². The van der Waals surface area contributed by atoms with Gasteiger partial charge in [-0.25, -0.2) is 0 Å². The van der Waals surface area contributed by atoms with E-state index in [1.54, 1.807) is 23.7 Å². The van der Waals surface area contributed by atoms with Crippen LogP contribution in [-0.4, -0.2) is 5.78 Å². The fourth-order valence-corrected chi connectivity index (χ4v) is 2.01. The SMILES string of the molecule is O=C(Cc1ccco1)Cc1cccs1. The van der Waals surface area contributed by atoms with Crippen molar-refractivity contribution in [1.29, 1.82) is 0 Å². The monoisotopic (exact) mass is 206 g/mol. The Morgan fingerprint density at radius 3 is 2.86 bits per heavy atom. The molecule has 0 atom stereocenters. The molecule has 0 bridgehead atoms. The molecule has 0 fully saturated rings. The molecule has 0 unspecified atom stereocenters. The zero-order valence-corrected chi connectivity index (χ0v) is 8.42. The van der Waals surface area contributed by atoms with Gasteiger partial charge in [0.05, 0.1) is 12.7 Å². The van der Waals surface area contributed by atoms with Crippen molar-refractivity contribution in [2.45, 2.75) is 12.8 Å². The van der Waals surface area contributed by atoms with Crippen LogP contribution in [0.5, 0.6) is 0 Å². The van der Waals surface area contributed by atoms with E-state index in [1.807, 2.05) is 23.6 Å². The third-order valence-corrected chi connectivity index (χ3v) is 2.78. The summed E-state index contributed by atoms with van der Waals surface area (Å²) in [6.07, 6.45) is 2.50. The highest BCUT2D eigenvalue weighted by Gasteiger charge is 2.07. The summed E-state index contributed by atoms with van der Waals surface area (Å²) in [6, 6.07) is 7.56. The van der Waals surface area contributed by atoms with E-state index in [9.17, 15) is 4.79 Å². The lowest BCUT2D eigenvalue weighted by atomic mass is 10.1. The number of hydrogen-bond donors (Lipinski definition) is 0. The van der Waals surface area contributed by atoms with E-state index in [0.29, 0.717) is 12.8 Å². The van der Waals surface area contributed by atoms with E-state index in [0.717, 1.165) is 10.6 Å². The summed E-state index contributed by atoms with van der Waals surface area (Å²) in [7, 11) is 0. The van der Waals surface area contributed by atoms with Crippen LogP contribution in [0.15, 0.2) is 40.3 Å². The minimum Gasteiger partial charge on any atom is -0.469 e. The van der Waals surface area contributed by atoms with Crippen LogP contribution < -0.4 is 0 Å². The third kappa shape index (κ3) is 2.33. The zero-order valence-electron chi connectivity index (χ0n) is 7.60. The maximum absolute atomic E-state index is 11.5. The van der Waals surface area contributed by atoms with E-state index in [-0.39, 0.29) is 5.78 Å². The lowest BCUT2D eigenvalue weighted by Crippen LogP contribution is -2.04. The number of Topliss-reactive ketones (excluding diaryl/α,β-unsaturated/α-hetero) is 1. The molecule has 72 valence electrons. The molecule has 0 radical (unpaired) electrons. The Labute approximate surface area is 86.2 Å². The summed E-state index contributed by atoms with van der Waals surface area (Å²) in [6.45, 7) is 0. The van der Waals surface area contributed by atoms with Gasteiger partial charge < -0.3 is 4.42 Å². The van der Waals surface area contributed by atoms with Gasteiger partial charge >= 0.3 is 0 Å². The second-order valence-corrected chi connectivity index (χ2v) is 4.08. The van der Waals surface area contributed by atoms with Crippen LogP contribution in [0.3, 0.4) is 0 Å². The van der Waals surface area contributed by atoms with E-state index in [1.165, 1.54) is 0 Å². The fourth-order valence-electron chi connectivity index (χ4n) is 1.28. The maximum Gasteiger partial charge on any atom is 0.145 e. The van der Waals surface area contributed by atoms with Crippen molar-refractivity contribution in [1.82, 2.24) is 0 Å². The first-order valence-electron chi connectivity index (χ1n) is 4.41. The van der Waals surface area contributed by atoms with Crippen molar-refractivity contribution >= 4 is 17.1 Å². The summed E-state index contributed by atoms with van der Waals surface area (Å²) in [5.41, 5.74) is 0. The first kappa shape index (κ1) is 9.21. The third-order valence-electron chi connectivity index (χ3n) is 1.90. The van der Waals surface area contributed by atoms with Gasteiger partial charge in [-0.15, -0.1) is 11.3 Å². The van der Waals surface area contributed by atoms with Gasteiger partial charge in [-0.05, 0) is 23.6 Å². The van der Waals surface area contributed by atoms with Crippen LogP contribution in [0.25, 0.3) is 0 Å². The summed E-state index contributed by atoms with van der Waals surface area (Å²) >= 11 is 1.61. The molecular weight excluding hydrogens is 196 g/mol. The van der Waals surface area contributed by atoms with Crippen molar-refractivity contribution in [3.8, 4) is 0 Å². The van der Waals surface area contributed by atoms with E-state index in [2.05, 4.69) is 0 Å². The van der Waals surface area contributed by atoms with Gasteiger partial charge in [0.15, 0.2) is 0 Å². The molecule has 2 heterocycles. The smallest absolute Gasteiger partial charge is 0.145 e. The Morgan fingerprint density at radius 1 is 1.29 bits per heavy atom. The number of carbonyl (C=O) groups is 1. The molecule has 0 aliphatic rings. The van der Waals surface area contributed by atoms with Crippen molar-refractivity contribution in [2.75, 3.05) is 0 Å². The molecule has 0 aliphatic carbocycles. The quantitative estimate of drug-likeness (QED) is 0.770. The summed E-state index contributed by atoms with van der Waals surface area (Å²) in [5.74, 6) is 0.939. The topological polar surface area (TPSA) is 30.2 Å². The van der Waals surface area contributed by atoms with Crippen LogP contribution in [-0.2, 0) is 17.6 Å². The lowest BCUT2D eigenvalue weighted by Gasteiger charge is -1.95. The number of carbonyl (C=O) groups excluding carboxylic acids is 1. The zero-order chi connectivity index (χ0) is 9.80. The summed E-state index contributed by atoms with van der Waals surface area (Å²) in [4.78, 5) is 12.6. The molecule has 14 heavy (non-hydrogen) atoms. The molecule has 0 spiro atoms. The molecule has 0 aromatic carbocycles. The van der Waals surface area contributed by atoms with Crippen molar-refractivity contribution in [2.24, 2.45) is 0 Å². The molecule has 2 aromatic rings. The average molecular weight is 206 g/mol. The van der Waals surface area contributed by atoms with Crippen LogP contribution in [0.1, 0.15) is 10.6 Å². The lowest BCUT2D eigenvalue weighted by molar-refractivity contribution is -0.118. The molecule has 2 rings (SSSR count).